The zero-order valence-electron chi connectivity index (χ0n) is 5.63. The molecule has 1 nitrogen and oxygen atoms in total. The van der Waals surface area contributed by atoms with E-state index in [4.69, 9.17) is 12.2 Å². The Hall–Kier alpha value is -0.370. The van der Waals surface area contributed by atoms with Crippen LogP contribution >= 0.6 is 12.2 Å². The van der Waals surface area contributed by atoms with Gasteiger partial charge in [-0.05, 0) is 19.4 Å². The summed E-state index contributed by atoms with van der Waals surface area (Å²) in [7, 11) is 0. The second-order valence-electron chi connectivity index (χ2n) is 2.11. The summed E-state index contributed by atoms with van der Waals surface area (Å²) in [5.41, 5.74) is 0. The van der Waals surface area contributed by atoms with Gasteiger partial charge in [0, 0.05) is 13.1 Å². The van der Waals surface area contributed by atoms with Crippen molar-refractivity contribution in [3.8, 4) is 0 Å². The van der Waals surface area contributed by atoms with Crippen molar-refractivity contribution in [2.24, 2.45) is 0 Å². The van der Waals surface area contributed by atoms with Crippen LogP contribution in [0.4, 0.5) is 0 Å². The third kappa shape index (κ3) is 1.52. The van der Waals surface area contributed by atoms with Crippen LogP contribution in [0, 0.1) is 0 Å². The highest BCUT2D eigenvalue weighted by Crippen LogP contribution is 2.02. The molecule has 0 bridgehead atoms. The minimum atomic E-state index is 0.990. The van der Waals surface area contributed by atoms with E-state index in [2.05, 4.69) is 17.9 Å². The Bertz CT molecular complexity index is 140. The van der Waals surface area contributed by atoms with E-state index in [-0.39, 0.29) is 0 Å². The molecular weight excluding hydrogens is 130 g/mol. The van der Waals surface area contributed by atoms with E-state index in [1.807, 2.05) is 6.08 Å². The molecule has 0 aliphatic carbocycles. The van der Waals surface area contributed by atoms with E-state index in [9.17, 15) is 0 Å². The molecule has 0 saturated heterocycles. The summed E-state index contributed by atoms with van der Waals surface area (Å²) in [5, 5.41) is 0. The Kier molecular flexibility index (Phi) is 2.22. The molecule has 0 spiro atoms. The largest absolute Gasteiger partial charge is 0.363 e. The molecule has 50 valence electrons. The van der Waals surface area contributed by atoms with E-state index < -0.39 is 0 Å². The lowest BCUT2D eigenvalue weighted by molar-refractivity contribution is 0.451. The van der Waals surface area contributed by atoms with E-state index >= 15 is 0 Å². The molecular formula is C7H11NS. The van der Waals surface area contributed by atoms with Gasteiger partial charge in [0.1, 0.15) is 4.99 Å². The fraction of sp³-hybridized carbons (Fsp3) is 0.571. The van der Waals surface area contributed by atoms with Crippen molar-refractivity contribution in [1.82, 2.24) is 4.90 Å². The van der Waals surface area contributed by atoms with Gasteiger partial charge in [-0.1, -0.05) is 18.3 Å². The highest BCUT2D eigenvalue weighted by atomic mass is 32.1. The maximum atomic E-state index is 5.07. The summed E-state index contributed by atoms with van der Waals surface area (Å²) < 4.78 is 0. The molecule has 0 aromatic rings. The summed E-state index contributed by atoms with van der Waals surface area (Å²) in [6.07, 6.45) is 5.30. The van der Waals surface area contributed by atoms with E-state index in [1.165, 1.54) is 0 Å². The van der Waals surface area contributed by atoms with Crippen LogP contribution in [0.3, 0.4) is 0 Å². The average Bonchev–Trinajstić information content (AvgIpc) is 1.89. The summed E-state index contributed by atoms with van der Waals surface area (Å²) in [5.74, 6) is 0. The Morgan fingerprint density at radius 3 is 3.00 bits per heavy atom. The van der Waals surface area contributed by atoms with Crippen molar-refractivity contribution in [1.29, 1.82) is 0 Å². The first-order valence-corrected chi connectivity index (χ1v) is 3.71. The number of hydrogen-bond donors (Lipinski definition) is 0. The zero-order chi connectivity index (χ0) is 6.69. The number of nitrogens with zero attached hydrogens (tertiary/aromatic N) is 1. The Balaban J connectivity index is 2.55. The lowest BCUT2D eigenvalue weighted by Crippen LogP contribution is -2.30. The number of thiocarbonyl (C=S) groups is 1. The van der Waals surface area contributed by atoms with Gasteiger partial charge in [-0.15, -0.1) is 0 Å². The Labute approximate surface area is 61.4 Å². The molecule has 0 unspecified atom stereocenters. The molecule has 0 amide bonds. The standard InChI is InChI=1S/C7H11NS/c1-2-8-6-4-3-5-7(8)9/h3,5H,2,4,6H2,1H3. The summed E-state index contributed by atoms with van der Waals surface area (Å²) >= 11 is 5.07. The van der Waals surface area contributed by atoms with Crippen molar-refractivity contribution in [2.75, 3.05) is 13.1 Å². The fourth-order valence-electron chi connectivity index (χ4n) is 0.944. The first kappa shape index (κ1) is 6.75. The van der Waals surface area contributed by atoms with Gasteiger partial charge in [0.15, 0.2) is 0 Å². The van der Waals surface area contributed by atoms with E-state index in [1.54, 1.807) is 0 Å². The van der Waals surface area contributed by atoms with Crippen LogP contribution < -0.4 is 0 Å². The van der Waals surface area contributed by atoms with Crippen LogP contribution in [0.1, 0.15) is 13.3 Å². The first-order chi connectivity index (χ1) is 4.34. The molecule has 1 aliphatic heterocycles. The van der Waals surface area contributed by atoms with Gasteiger partial charge in [-0.3, -0.25) is 0 Å². The first-order valence-electron chi connectivity index (χ1n) is 3.30. The molecule has 0 saturated carbocycles. The SMILES string of the molecule is CCN1CCC=CC1=S. The monoisotopic (exact) mass is 141 g/mol. The lowest BCUT2D eigenvalue weighted by atomic mass is 10.2. The molecule has 0 fully saturated rings. The number of likely N-dealkylation sites (N-methyl/N-ethyl adjacent to an activating group) is 1. The van der Waals surface area contributed by atoms with Crippen molar-refractivity contribution in [3.63, 3.8) is 0 Å². The molecule has 0 N–H and O–H groups in total. The quantitative estimate of drug-likeness (QED) is 0.510. The van der Waals surface area contributed by atoms with E-state index in [0.29, 0.717) is 0 Å². The van der Waals surface area contributed by atoms with E-state index in [0.717, 1.165) is 24.5 Å². The van der Waals surface area contributed by atoms with Gasteiger partial charge in [0.2, 0.25) is 0 Å². The molecule has 0 atom stereocenters. The minimum Gasteiger partial charge on any atom is -0.363 e. The predicted octanol–water partition coefficient (Wildman–Crippen LogP) is 1.60. The zero-order valence-corrected chi connectivity index (χ0v) is 6.45. The van der Waals surface area contributed by atoms with Gasteiger partial charge in [0.25, 0.3) is 0 Å². The highest BCUT2D eigenvalue weighted by molar-refractivity contribution is 7.80. The molecule has 0 aromatic carbocycles. The van der Waals surface area contributed by atoms with Crippen LogP contribution in [0.15, 0.2) is 12.2 Å². The van der Waals surface area contributed by atoms with Crippen molar-refractivity contribution < 1.29 is 0 Å². The molecule has 1 aliphatic rings. The second kappa shape index (κ2) is 2.97. The van der Waals surface area contributed by atoms with Gasteiger partial charge in [-0.2, -0.15) is 0 Å². The molecule has 2 heteroatoms. The molecule has 0 aromatic heterocycles. The van der Waals surface area contributed by atoms with Gasteiger partial charge in [-0.25, -0.2) is 0 Å². The number of hydrogen-bond acceptors (Lipinski definition) is 1. The third-order valence-electron chi connectivity index (χ3n) is 1.52. The normalized spacial score (nSPS) is 18.8. The smallest absolute Gasteiger partial charge is 0.101 e. The third-order valence-corrected chi connectivity index (χ3v) is 1.91. The van der Waals surface area contributed by atoms with Crippen molar-refractivity contribution >= 4 is 17.2 Å². The van der Waals surface area contributed by atoms with Crippen LogP contribution in [0.5, 0.6) is 0 Å². The van der Waals surface area contributed by atoms with Crippen LogP contribution in [-0.4, -0.2) is 23.0 Å². The van der Waals surface area contributed by atoms with Crippen LogP contribution in [0.2, 0.25) is 0 Å². The Morgan fingerprint density at radius 2 is 2.56 bits per heavy atom. The number of rotatable bonds is 1. The van der Waals surface area contributed by atoms with Gasteiger partial charge in [0.05, 0.1) is 0 Å². The predicted molar refractivity (Wildman–Crippen MR) is 43.6 cm³/mol. The second-order valence-corrected chi connectivity index (χ2v) is 2.53. The maximum absolute atomic E-state index is 5.07. The van der Waals surface area contributed by atoms with Gasteiger partial charge >= 0.3 is 0 Å². The Morgan fingerprint density at radius 1 is 1.78 bits per heavy atom. The summed E-state index contributed by atoms with van der Waals surface area (Å²) in [4.78, 5) is 3.19. The highest BCUT2D eigenvalue weighted by Gasteiger charge is 2.05. The minimum absolute atomic E-state index is 0.990. The lowest BCUT2D eigenvalue weighted by Gasteiger charge is -2.23. The molecule has 1 rings (SSSR count). The average molecular weight is 141 g/mol. The summed E-state index contributed by atoms with van der Waals surface area (Å²) in [6, 6.07) is 0. The maximum Gasteiger partial charge on any atom is 0.101 e. The topological polar surface area (TPSA) is 3.24 Å². The molecule has 0 radical (unpaired) electrons. The van der Waals surface area contributed by atoms with Crippen molar-refractivity contribution in [3.05, 3.63) is 12.2 Å². The molecule has 1 heterocycles. The van der Waals surface area contributed by atoms with Crippen molar-refractivity contribution in [2.45, 2.75) is 13.3 Å². The fourth-order valence-corrected chi connectivity index (χ4v) is 1.26. The molecule has 9 heavy (non-hydrogen) atoms. The summed E-state index contributed by atoms with van der Waals surface area (Å²) in [6.45, 7) is 4.28. The van der Waals surface area contributed by atoms with Gasteiger partial charge < -0.3 is 4.90 Å². The van der Waals surface area contributed by atoms with Crippen LogP contribution in [-0.2, 0) is 0 Å². The van der Waals surface area contributed by atoms with Crippen LogP contribution in [0.25, 0.3) is 0 Å².